The number of para-hydroxylation sites is 2. The van der Waals surface area contributed by atoms with E-state index in [0.717, 1.165) is 71.5 Å². The van der Waals surface area contributed by atoms with Gasteiger partial charge in [-0.15, -0.1) is 0 Å². The number of aryl methyl sites for hydroxylation is 2. The van der Waals surface area contributed by atoms with Crippen molar-refractivity contribution in [1.29, 1.82) is 0 Å². The van der Waals surface area contributed by atoms with Gasteiger partial charge in [-0.2, -0.15) is 0 Å². The second-order valence-electron chi connectivity index (χ2n) is 8.07. The number of hydrogen-bond acceptors (Lipinski definition) is 5. The molecule has 29 heavy (non-hydrogen) atoms. The lowest BCUT2D eigenvalue weighted by Gasteiger charge is -2.31. The van der Waals surface area contributed by atoms with Gasteiger partial charge in [-0.25, -0.2) is 9.78 Å². The Kier molecular flexibility index (Phi) is 4.47. The summed E-state index contributed by atoms with van der Waals surface area (Å²) in [6.45, 7) is 6.65. The third-order valence-electron chi connectivity index (χ3n) is 6.08. The number of rotatable bonds is 3. The summed E-state index contributed by atoms with van der Waals surface area (Å²) < 4.78 is 11.5. The Hall–Kier alpha value is -2.92. The van der Waals surface area contributed by atoms with Crippen LogP contribution in [0, 0.1) is 13.8 Å². The Morgan fingerprint density at radius 1 is 1.14 bits per heavy atom. The minimum absolute atomic E-state index is 0.270. The molecule has 1 aliphatic rings. The van der Waals surface area contributed by atoms with Gasteiger partial charge in [-0.05, 0) is 62.1 Å². The van der Waals surface area contributed by atoms with E-state index < -0.39 is 0 Å². The normalized spacial score (nSPS) is 17.9. The average Bonchev–Trinajstić information content (AvgIpc) is 3.16. The lowest BCUT2D eigenvalue weighted by Crippen LogP contribution is -2.34. The first-order valence-electron chi connectivity index (χ1n) is 10.2. The van der Waals surface area contributed by atoms with Crippen molar-refractivity contribution >= 4 is 22.1 Å². The molecule has 5 heteroatoms. The predicted molar refractivity (Wildman–Crippen MR) is 113 cm³/mol. The molecule has 0 amide bonds. The molecule has 148 valence electrons. The largest absolute Gasteiger partial charge is 0.440 e. The van der Waals surface area contributed by atoms with Gasteiger partial charge >= 0.3 is 5.63 Å². The van der Waals surface area contributed by atoms with Gasteiger partial charge in [0.05, 0.1) is 0 Å². The SMILES string of the molecule is Cc1ccc2c(CN3CCCC(c4nc5ccccc5o4)C3)cc(=O)oc2c1C. The number of aromatic nitrogens is 1. The molecule has 2 aromatic heterocycles. The van der Waals surface area contributed by atoms with E-state index in [1.807, 2.05) is 38.1 Å². The second-order valence-corrected chi connectivity index (χ2v) is 8.07. The molecular weight excluding hydrogens is 364 g/mol. The molecule has 0 aliphatic carbocycles. The molecular formula is C24H24N2O3. The maximum absolute atomic E-state index is 12.2. The number of hydrogen-bond donors (Lipinski definition) is 0. The zero-order valence-electron chi connectivity index (χ0n) is 16.8. The highest BCUT2D eigenvalue weighted by molar-refractivity contribution is 5.83. The summed E-state index contributed by atoms with van der Waals surface area (Å²) in [7, 11) is 0. The lowest BCUT2D eigenvalue weighted by atomic mass is 9.97. The Morgan fingerprint density at radius 3 is 2.86 bits per heavy atom. The zero-order chi connectivity index (χ0) is 20.0. The molecule has 3 heterocycles. The zero-order valence-corrected chi connectivity index (χ0v) is 16.8. The quantitative estimate of drug-likeness (QED) is 0.466. The van der Waals surface area contributed by atoms with Gasteiger partial charge in [-0.3, -0.25) is 4.90 Å². The summed E-state index contributed by atoms with van der Waals surface area (Å²) in [4.78, 5) is 19.3. The summed E-state index contributed by atoms with van der Waals surface area (Å²) in [6, 6.07) is 13.7. The summed E-state index contributed by atoms with van der Waals surface area (Å²) >= 11 is 0. The second kappa shape index (κ2) is 7.16. The lowest BCUT2D eigenvalue weighted by molar-refractivity contribution is 0.187. The number of benzene rings is 2. The minimum Gasteiger partial charge on any atom is -0.440 e. The molecule has 1 fully saturated rings. The molecule has 1 atom stereocenters. The molecule has 4 aromatic rings. The van der Waals surface area contributed by atoms with Crippen LogP contribution in [0.25, 0.3) is 22.1 Å². The number of fused-ring (bicyclic) bond motifs is 2. The number of oxazole rings is 1. The molecule has 5 nitrogen and oxygen atoms in total. The fourth-order valence-electron chi connectivity index (χ4n) is 4.36. The summed E-state index contributed by atoms with van der Waals surface area (Å²) in [5.41, 5.74) is 5.37. The van der Waals surface area contributed by atoms with Gasteiger partial charge in [0.15, 0.2) is 11.5 Å². The van der Waals surface area contributed by atoms with Gasteiger partial charge in [0, 0.05) is 30.5 Å². The van der Waals surface area contributed by atoms with Gasteiger partial charge < -0.3 is 8.83 Å². The van der Waals surface area contributed by atoms with Crippen molar-refractivity contribution in [3.63, 3.8) is 0 Å². The summed E-state index contributed by atoms with van der Waals surface area (Å²) in [6.07, 6.45) is 2.15. The van der Waals surface area contributed by atoms with Crippen LogP contribution in [0.15, 0.2) is 56.1 Å². The van der Waals surface area contributed by atoms with Crippen LogP contribution >= 0.6 is 0 Å². The highest BCUT2D eigenvalue weighted by atomic mass is 16.4. The van der Waals surface area contributed by atoms with Crippen LogP contribution in [0.3, 0.4) is 0 Å². The third-order valence-corrected chi connectivity index (χ3v) is 6.08. The number of likely N-dealkylation sites (tertiary alicyclic amines) is 1. The third kappa shape index (κ3) is 3.36. The number of piperidine rings is 1. The number of nitrogens with zero attached hydrogens (tertiary/aromatic N) is 2. The molecule has 2 aromatic carbocycles. The van der Waals surface area contributed by atoms with Gasteiger partial charge in [0.1, 0.15) is 11.1 Å². The molecule has 5 rings (SSSR count). The Labute approximate surface area is 169 Å². The monoisotopic (exact) mass is 388 g/mol. The van der Waals surface area contributed by atoms with E-state index in [0.29, 0.717) is 5.58 Å². The van der Waals surface area contributed by atoms with Gasteiger partial charge in [0.25, 0.3) is 0 Å². The molecule has 0 saturated carbocycles. The highest BCUT2D eigenvalue weighted by Gasteiger charge is 2.26. The van der Waals surface area contributed by atoms with Crippen molar-refractivity contribution in [2.75, 3.05) is 13.1 Å². The molecule has 0 bridgehead atoms. The van der Waals surface area contributed by atoms with Crippen LogP contribution in [0.5, 0.6) is 0 Å². The maximum Gasteiger partial charge on any atom is 0.336 e. The van der Waals surface area contributed by atoms with E-state index in [9.17, 15) is 4.79 Å². The molecule has 1 saturated heterocycles. The standard InChI is InChI=1S/C24H24N2O3/c1-15-9-10-19-18(12-22(27)29-23(19)16(15)2)14-26-11-5-6-17(13-26)24-25-20-7-3-4-8-21(20)28-24/h3-4,7-10,12,17H,5-6,11,13-14H2,1-2H3. The van der Waals surface area contributed by atoms with Crippen LogP contribution < -0.4 is 5.63 Å². The van der Waals surface area contributed by atoms with Crippen molar-refractivity contribution in [1.82, 2.24) is 9.88 Å². The first-order valence-corrected chi connectivity index (χ1v) is 10.2. The van der Waals surface area contributed by atoms with Gasteiger partial charge in [-0.1, -0.05) is 24.3 Å². The van der Waals surface area contributed by atoms with Crippen molar-refractivity contribution < 1.29 is 8.83 Å². The maximum atomic E-state index is 12.2. The Balaban J connectivity index is 1.43. The molecule has 1 aliphatic heterocycles. The van der Waals surface area contributed by atoms with Crippen LogP contribution in [0.1, 0.15) is 41.3 Å². The van der Waals surface area contributed by atoms with E-state index >= 15 is 0 Å². The van der Waals surface area contributed by atoms with E-state index in [1.165, 1.54) is 0 Å². The van der Waals surface area contributed by atoms with Crippen molar-refractivity contribution in [3.8, 4) is 0 Å². The van der Waals surface area contributed by atoms with E-state index in [-0.39, 0.29) is 11.5 Å². The first-order chi connectivity index (χ1) is 14.1. The predicted octanol–water partition coefficient (Wildman–Crippen LogP) is 4.93. The van der Waals surface area contributed by atoms with Crippen LogP contribution in [-0.2, 0) is 6.54 Å². The van der Waals surface area contributed by atoms with Crippen molar-refractivity contribution in [2.24, 2.45) is 0 Å². The van der Waals surface area contributed by atoms with E-state index in [1.54, 1.807) is 6.07 Å². The van der Waals surface area contributed by atoms with E-state index in [4.69, 9.17) is 13.8 Å². The fraction of sp³-hybridized carbons (Fsp3) is 0.333. The van der Waals surface area contributed by atoms with Crippen molar-refractivity contribution in [3.05, 3.63) is 75.5 Å². The Morgan fingerprint density at radius 2 is 2.00 bits per heavy atom. The topological polar surface area (TPSA) is 59.5 Å². The molecule has 0 spiro atoms. The average molecular weight is 388 g/mol. The van der Waals surface area contributed by atoms with Gasteiger partial charge in [0.2, 0.25) is 0 Å². The summed E-state index contributed by atoms with van der Waals surface area (Å²) in [5, 5.41) is 1.02. The van der Waals surface area contributed by atoms with Crippen LogP contribution in [0.4, 0.5) is 0 Å². The van der Waals surface area contributed by atoms with Crippen molar-refractivity contribution in [2.45, 2.75) is 39.2 Å². The van der Waals surface area contributed by atoms with Crippen LogP contribution in [-0.4, -0.2) is 23.0 Å². The smallest absolute Gasteiger partial charge is 0.336 e. The minimum atomic E-state index is -0.284. The van der Waals surface area contributed by atoms with E-state index in [2.05, 4.69) is 17.0 Å². The highest BCUT2D eigenvalue weighted by Crippen LogP contribution is 2.31. The molecule has 0 N–H and O–H groups in total. The first kappa shape index (κ1) is 18.1. The fourth-order valence-corrected chi connectivity index (χ4v) is 4.36. The van der Waals surface area contributed by atoms with Crippen LogP contribution in [0.2, 0.25) is 0 Å². The Bertz CT molecular complexity index is 1220. The molecule has 0 radical (unpaired) electrons. The summed E-state index contributed by atoms with van der Waals surface area (Å²) in [5.74, 6) is 1.09. The molecule has 1 unspecified atom stereocenters.